The number of fused-ring (bicyclic) bond motifs is 1. The molecule has 0 unspecified atom stereocenters. The molecule has 1 atom stereocenters. The average molecular weight is 479 g/mol. The van der Waals surface area contributed by atoms with Crippen LogP contribution in [0.5, 0.6) is 0 Å². The van der Waals surface area contributed by atoms with E-state index in [4.69, 9.17) is 32.8 Å². The van der Waals surface area contributed by atoms with Gasteiger partial charge in [0.2, 0.25) is 0 Å². The molecule has 0 radical (unpaired) electrons. The van der Waals surface area contributed by atoms with Crippen molar-refractivity contribution in [3.63, 3.8) is 0 Å². The third kappa shape index (κ3) is 4.42. The summed E-state index contributed by atoms with van der Waals surface area (Å²) in [5, 5.41) is 0.668. The van der Waals surface area contributed by atoms with E-state index in [1.54, 1.807) is 13.4 Å². The molecular weight excluding hydrogens is 452 g/mol. The summed E-state index contributed by atoms with van der Waals surface area (Å²) in [7, 11) is 1.69. The van der Waals surface area contributed by atoms with Gasteiger partial charge in [-0.15, -0.1) is 0 Å². The molecule has 176 valence electrons. The second-order valence-electron chi connectivity index (χ2n) is 8.83. The van der Waals surface area contributed by atoms with Crippen molar-refractivity contribution in [1.82, 2.24) is 24.5 Å². The number of nitrogen functional groups attached to an aromatic ring is 1. The Hall–Kier alpha value is -3.27. The molecule has 5 rings (SSSR count). The fourth-order valence-electron chi connectivity index (χ4n) is 4.68. The standard InChI is InChI=1S/C24H27ClN8O/c1-34-13-24(27)6-3-7-32(12-24)20-10-28-19(16-4-2-5-18(25)8-16)9-17(20)11-33-15-31-21-22(26)29-14-30-23(21)33/h2,4-5,8-10,14-15H,3,6-7,11-13,27H2,1H3,(H2,26,29,30)/t24-/m1/s1. The quantitative estimate of drug-likeness (QED) is 0.433. The van der Waals surface area contributed by atoms with Crippen LogP contribution < -0.4 is 16.4 Å². The molecule has 0 amide bonds. The fraction of sp³-hybridized carbons (Fsp3) is 0.333. The van der Waals surface area contributed by atoms with Gasteiger partial charge in [0.1, 0.15) is 11.8 Å². The first-order valence-corrected chi connectivity index (χ1v) is 11.5. The highest BCUT2D eigenvalue weighted by Gasteiger charge is 2.33. The second-order valence-corrected chi connectivity index (χ2v) is 9.27. The van der Waals surface area contributed by atoms with Crippen LogP contribution in [0, 0.1) is 0 Å². The van der Waals surface area contributed by atoms with Crippen LogP contribution in [0.3, 0.4) is 0 Å². The lowest BCUT2D eigenvalue weighted by atomic mass is 9.90. The minimum atomic E-state index is -0.403. The molecule has 1 aliphatic rings. The van der Waals surface area contributed by atoms with E-state index < -0.39 is 5.54 Å². The number of imidazole rings is 1. The molecule has 4 aromatic rings. The van der Waals surface area contributed by atoms with Crippen molar-refractivity contribution in [2.45, 2.75) is 24.9 Å². The van der Waals surface area contributed by atoms with Crippen molar-refractivity contribution in [1.29, 1.82) is 0 Å². The molecule has 0 aliphatic carbocycles. The first-order valence-electron chi connectivity index (χ1n) is 11.1. The van der Waals surface area contributed by atoms with Gasteiger partial charge in [0, 0.05) is 30.8 Å². The number of pyridine rings is 1. The molecule has 9 nitrogen and oxygen atoms in total. The Morgan fingerprint density at radius 2 is 2.06 bits per heavy atom. The largest absolute Gasteiger partial charge is 0.383 e. The number of rotatable bonds is 6. The molecular formula is C24H27ClN8O. The molecule has 0 saturated carbocycles. The van der Waals surface area contributed by atoms with Crippen LogP contribution in [0.25, 0.3) is 22.4 Å². The molecule has 4 N–H and O–H groups in total. The van der Waals surface area contributed by atoms with Crippen LogP contribution in [-0.4, -0.2) is 56.8 Å². The maximum atomic E-state index is 6.66. The molecule has 4 heterocycles. The van der Waals surface area contributed by atoms with Gasteiger partial charge in [-0.2, -0.15) is 0 Å². The molecule has 1 aliphatic heterocycles. The summed E-state index contributed by atoms with van der Waals surface area (Å²) in [5.41, 5.74) is 17.4. The van der Waals surface area contributed by atoms with Crippen molar-refractivity contribution in [3.8, 4) is 11.3 Å². The molecule has 10 heteroatoms. The number of methoxy groups -OCH3 is 1. The van der Waals surface area contributed by atoms with Gasteiger partial charge in [0.15, 0.2) is 11.5 Å². The van der Waals surface area contributed by atoms with E-state index in [-0.39, 0.29) is 0 Å². The molecule has 34 heavy (non-hydrogen) atoms. The SMILES string of the molecule is COC[C@@]1(N)CCCN(c2cnc(-c3cccc(Cl)c3)cc2Cn2cnc3c(N)ncnc32)C1. The highest BCUT2D eigenvalue weighted by molar-refractivity contribution is 6.30. The van der Waals surface area contributed by atoms with Gasteiger partial charge >= 0.3 is 0 Å². The summed E-state index contributed by atoms with van der Waals surface area (Å²) in [6.07, 6.45) is 7.02. The van der Waals surface area contributed by atoms with Crippen LogP contribution in [-0.2, 0) is 11.3 Å². The summed E-state index contributed by atoms with van der Waals surface area (Å²) in [5.74, 6) is 0.363. The van der Waals surface area contributed by atoms with E-state index in [0.29, 0.717) is 41.7 Å². The third-order valence-electron chi connectivity index (χ3n) is 6.24. The molecule has 0 bridgehead atoms. The van der Waals surface area contributed by atoms with Crippen LogP contribution in [0.2, 0.25) is 5.02 Å². The van der Waals surface area contributed by atoms with E-state index in [2.05, 4.69) is 25.9 Å². The molecule has 1 aromatic carbocycles. The van der Waals surface area contributed by atoms with Crippen LogP contribution in [0.1, 0.15) is 18.4 Å². The number of ether oxygens (including phenoxy) is 1. The van der Waals surface area contributed by atoms with E-state index in [1.807, 2.05) is 35.0 Å². The third-order valence-corrected chi connectivity index (χ3v) is 6.47. The highest BCUT2D eigenvalue weighted by Crippen LogP contribution is 2.31. The Kier molecular flexibility index (Phi) is 6.07. The van der Waals surface area contributed by atoms with Gasteiger partial charge in [-0.25, -0.2) is 15.0 Å². The number of hydrogen-bond donors (Lipinski definition) is 2. The van der Waals surface area contributed by atoms with Crippen LogP contribution in [0.4, 0.5) is 11.5 Å². The Labute approximate surface area is 202 Å². The second kappa shape index (κ2) is 9.17. The van der Waals surface area contributed by atoms with Crippen molar-refractivity contribution >= 4 is 34.3 Å². The van der Waals surface area contributed by atoms with Crippen molar-refractivity contribution in [3.05, 3.63) is 59.8 Å². The summed E-state index contributed by atoms with van der Waals surface area (Å²) in [6, 6.07) is 9.79. The van der Waals surface area contributed by atoms with Crippen molar-refractivity contribution in [2.24, 2.45) is 5.73 Å². The Balaban J connectivity index is 1.57. The maximum absolute atomic E-state index is 6.66. The first kappa shape index (κ1) is 22.5. The molecule has 3 aromatic heterocycles. The number of hydrogen-bond acceptors (Lipinski definition) is 8. The number of nitrogens with two attached hydrogens (primary N) is 2. The predicted octanol–water partition coefficient (Wildman–Crippen LogP) is 3.12. The maximum Gasteiger partial charge on any atom is 0.165 e. The average Bonchev–Trinajstić information content (AvgIpc) is 3.23. The fourth-order valence-corrected chi connectivity index (χ4v) is 4.87. The van der Waals surface area contributed by atoms with E-state index in [1.165, 1.54) is 6.33 Å². The van der Waals surface area contributed by atoms with E-state index in [0.717, 1.165) is 41.9 Å². The smallest absolute Gasteiger partial charge is 0.165 e. The molecule has 1 fully saturated rings. The van der Waals surface area contributed by atoms with Gasteiger partial charge in [0.05, 0.1) is 42.6 Å². The number of nitrogens with zero attached hydrogens (tertiary/aromatic N) is 6. The lowest BCUT2D eigenvalue weighted by Crippen LogP contribution is -2.57. The van der Waals surface area contributed by atoms with Gasteiger partial charge < -0.3 is 25.7 Å². The monoisotopic (exact) mass is 478 g/mol. The zero-order valence-corrected chi connectivity index (χ0v) is 19.7. The Morgan fingerprint density at radius 1 is 1.18 bits per heavy atom. The number of piperidine rings is 1. The zero-order valence-electron chi connectivity index (χ0n) is 19.0. The highest BCUT2D eigenvalue weighted by atomic mass is 35.5. The number of benzene rings is 1. The number of halogens is 1. The molecule has 0 spiro atoms. The van der Waals surface area contributed by atoms with Gasteiger partial charge in [0.25, 0.3) is 0 Å². The van der Waals surface area contributed by atoms with Gasteiger partial charge in [-0.3, -0.25) is 4.98 Å². The van der Waals surface area contributed by atoms with Crippen molar-refractivity contribution in [2.75, 3.05) is 37.4 Å². The minimum absolute atomic E-state index is 0.363. The lowest BCUT2D eigenvalue weighted by molar-refractivity contribution is 0.121. The zero-order chi connectivity index (χ0) is 23.7. The van der Waals surface area contributed by atoms with Crippen LogP contribution >= 0.6 is 11.6 Å². The predicted molar refractivity (Wildman–Crippen MR) is 134 cm³/mol. The molecule has 1 saturated heterocycles. The number of aromatic nitrogens is 5. The number of anilines is 2. The summed E-state index contributed by atoms with van der Waals surface area (Å²) >= 11 is 6.24. The van der Waals surface area contributed by atoms with Crippen LogP contribution in [0.15, 0.2) is 49.2 Å². The van der Waals surface area contributed by atoms with Gasteiger partial charge in [-0.1, -0.05) is 23.7 Å². The normalized spacial score (nSPS) is 18.5. The summed E-state index contributed by atoms with van der Waals surface area (Å²) in [4.78, 5) is 20.0. The van der Waals surface area contributed by atoms with Crippen molar-refractivity contribution < 1.29 is 4.74 Å². The van der Waals surface area contributed by atoms with Gasteiger partial charge in [-0.05, 0) is 36.6 Å². The Bertz CT molecular complexity index is 1320. The summed E-state index contributed by atoms with van der Waals surface area (Å²) < 4.78 is 7.39. The van der Waals surface area contributed by atoms with E-state index >= 15 is 0 Å². The lowest BCUT2D eigenvalue weighted by Gasteiger charge is -2.41. The first-order chi connectivity index (χ1) is 16.5. The minimum Gasteiger partial charge on any atom is -0.383 e. The summed E-state index contributed by atoms with van der Waals surface area (Å²) in [6.45, 7) is 2.63. The van der Waals surface area contributed by atoms with E-state index in [9.17, 15) is 0 Å². The Morgan fingerprint density at radius 3 is 2.88 bits per heavy atom. The topological polar surface area (TPSA) is 121 Å².